The highest BCUT2D eigenvalue weighted by molar-refractivity contribution is 7.88. The normalized spacial score (nSPS) is 18.8. The second-order valence-corrected chi connectivity index (χ2v) is 16.0. The fourth-order valence-corrected chi connectivity index (χ4v) is 7.37. The molecule has 2 saturated heterocycles. The van der Waals surface area contributed by atoms with Crippen LogP contribution >= 0.6 is 0 Å². The Morgan fingerprint density at radius 2 is 1.76 bits per heavy atom. The molecule has 0 atom stereocenters. The van der Waals surface area contributed by atoms with Crippen LogP contribution in [0.15, 0.2) is 36.4 Å². The number of amides is 1. The molecule has 0 N–H and O–H groups in total. The zero-order chi connectivity index (χ0) is 33.4. The lowest BCUT2D eigenvalue weighted by Crippen LogP contribution is -2.60. The molecule has 46 heavy (non-hydrogen) atoms. The Balaban J connectivity index is 1.44. The summed E-state index contributed by atoms with van der Waals surface area (Å²) in [6.45, 7) is 11.8. The third-order valence-corrected chi connectivity index (χ3v) is 9.79. The van der Waals surface area contributed by atoms with Crippen LogP contribution in [0.25, 0.3) is 21.9 Å². The summed E-state index contributed by atoms with van der Waals surface area (Å²) in [5.74, 6) is -0.0315. The summed E-state index contributed by atoms with van der Waals surface area (Å²) in [5.41, 5.74) is -3.83. The maximum atomic E-state index is 13.3. The number of carbonyl (C=O) groups excluding carboxylic acids is 1. The largest absolute Gasteiger partial charge is 0.534 e. The van der Waals surface area contributed by atoms with Gasteiger partial charge in [-0.25, -0.2) is 9.78 Å². The first-order valence-corrected chi connectivity index (χ1v) is 16.4. The number of rotatable bonds is 4. The van der Waals surface area contributed by atoms with Crippen molar-refractivity contribution in [1.82, 2.24) is 9.88 Å². The number of aromatic nitrogens is 1. The number of carbonyl (C=O) groups is 1. The van der Waals surface area contributed by atoms with E-state index in [4.69, 9.17) is 9.72 Å². The van der Waals surface area contributed by atoms with Crippen LogP contribution in [0.4, 0.5) is 23.8 Å². The molecular formula is C33H35F3N4O5S. The molecule has 1 aromatic heterocycles. The smallest absolute Gasteiger partial charge is 0.444 e. The molecule has 6 rings (SSSR count). The highest BCUT2D eigenvalue weighted by atomic mass is 32.2. The van der Waals surface area contributed by atoms with Gasteiger partial charge < -0.3 is 18.7 Å². The van der Waals surface area contributed by atoms with Crippen LogP contribution in [0.1, 0.15) is 57.9 Å². The molecule has 13 heteroatoms. The zero-order valence-corrected chi connectivity index (χ0v) is 27.1. The number of fused-ring (bicyclic) bond motifs is 2. The standard InChI is InChI=1S/C33H35F3N4O5S/c1-30(2,3)44-29(41)40-18-32(19-40)10-11-39(17-32)28-25(16-37)27(24-14-31(4,5)15-26(24)38-28)23-13-21(45-46(42,43)33(34,35)36)12-20-8-6-7-9-22(20)23/h6-9,12-13H,10-11,14-15,17-19H2,1-5H3. The van der Waals surface area contributed by atoms with E-state index < -0.39 is 27.0 Å². The van der Waals surface area contributed by atoms with Crippen LogP contribution < -0.4 is 9.08 Å². The zero-order valence-electron chi connectivity index (χ0n) is 26.3. The van der Waals surface area contributed by atoms with E-state index in [-0.39, 0.29) is 22.5 Å². The first-order chi connectivity index (χ1) is 21.3. The number of alkyl halides is 3. The minimum atomic E-state index is -5.94. The molecule has 0 saturated carbocycles. The molecule has 3 heterocycles. The van der Waals surface area contributed by atoms with Gasteiger partial charge in [0.1, 0.15) is 28.8 Å². The average Bonchev–Trinajstić information content (AvgIpc) is 3.49. The molecule has 3 aliphatic rings. The maximum absolute atomic E-state index is 13.3. The van der Waals surface area contributed by atoms with E-state index >= 15 is 0 Å². The summed E-state index contributed by atoms with van der Waals surface area (Å²) in [6.07, 6.45) is 1.60. The highest BCUT2D eigenvalue weighted by Gasteiger charge is 2.51. The second kappa shape index (κ2) is 10.5. The minimum Gasteiger partial charge on any atom is -0.444 e. The SMILES string of the molecule is CC1(C)Cc2nc(N3CCC4(CN(C(=O)OC(C)(C)C)C4)C3)c(C#N)c(-c3cc(OS(=O)(=O)C(F)(F)F)cc4ccccc34)c2C1. The summed E-state index contributed by atoms with van der Waals surface area (Å²) in [7, 11) is -5.94. The Morgan fingerprint density at radius 1 is 1.07 bits per heavy atom. The molecule has 2 fully saturated rings. The van der Waals surface area contributed by atoms with E-state index in [1.54, 1.807) is 29.2 Å². The Bertz CT molecular complexity index is 1910. The van der Waals surface area contributed by atoms with Crippen molar-refractivity contribution in [3.8, 4) is 22.9 Å². The average molecular weight is 657 g/mol. The second-order valence-electron chi connectivity index (χ2n) is 14.4. The van der Waals surface area contributed by atoms with E-state index in [0.29, 0.717) is 66.7 Å². The third-order valence-electron chi connectivity index (χ3n) is 8.81. The number of likely N-dealkylation sites (tertiary alicyclic amines) is 1. The molecule has 1 spiro atoms. The van der Waals surface area contributed by atoms with Crippen LogP contribution in [-0.4, -0.2) is 61.7 Å². The molecule has 2 aliphatic heterocycles. The predicted molar refractivity (Wildman–Crippen MR) is 166 cm³/mol. The van der Waals surface area contributed by atoms with Crippen molar-refractivity contribution in [3.63, 3.8) is 0 Å². The van der Waals surface area contributed by atoms with Gasteiger partial charge in [-0.05, 0) is 79.5 Å². The number of pyridine rings is 1. The number of halogens is 3. The van der Waals surface area contributed by atoms with Crippen molar-refractivity contribution in [3.05, 3.63) is 53.2 Å². The molecule has 2 aromatic carbocycles. The van der Waals surface area contributed by atoms with Crippen LogP contribution in [0, 0.1) is 22.2 Å². The molecule has 9 nitrogen and oxygen atoms in total. The Morgan fingerprint density at radius 3 is 2.41 bits per heavy atom. The predicted octanol–water partition coefficient (Wildman–Crippen LogP) is 6.57. The van der Waals surface area contributed by atoms with Gasteiger partial charge in [-0.1, -0.05) is 38.1 Å². The number of anilines is 1. The Labute approximate surface area is 266 Å². The first kappa shape index (κ1) is 31.9. The Kier molecular flexibility index (Phi) is 7.27. The maximum Gasteiger partial charge on any atom is 0.534 e. The lowest BCUT2D eigenvalue weighted by Gasteiger charge is -2.47. The minimum absolute atomic E-state index is 0.184. The van der Waals surface area contributed by atoms with E-state index in [1.165, 1.54) is 12.1 Å². The van der Waals surface area contributed by atoms with Gasteiger partial charge >= 0.3 is 21.7 Å². The van der Waals surface area contributed by atoms with E-state index in [9.17, 15) is 31.6 Å². The molecule has 0 radical (unpaired) electrons. The molecule has 244 valence electrons. The number of benzene rings is 2. The van der Waals surface area contributed by atoms with Gasteiger partial charge in [-0.15, -0.1) is 0 Å². The quantitative estimate of drug-likeness (QED) is 0.229. The van der Waals surface area contributed by atoms with E-state index in [0.717, 1.165) is 17.7 Å². The van der Waals surface area contributed by atoms with Crippen LogP contribution in [0.5, 0.6) is 5.75 Å². The lowest BCUT2D eigenvalue weighted by molar-refractivity contribution is -0.0500. The summed E-state index contributed by atoms with van der Waals surface area (Å²) in [4.78, 5) is 21.4. The highest BCUT2D eigenvalue weighted by Crippen LogP contribution is 2.49. The molecular weight excluding hydrogens is 621 g/mol. The van der Waals surface area contributed by atoms with Gasteiger partial charge in [0, 0.05) is 42.9 Å². The van der Waals surface area contributed by atoms with E-state index in [1.807, 2.05) is 20.8 Å². The number of nitriles is 1. The van der Waals surface area contributed by atoms with Gasteiger partial charge in [0.05, 0.1) is 0 Å². The fourth-order valence-electron chi connectivity index (χ4n) is 6.93. The summed E-state index contributed by atoms with van der Waals surface area (Å²) >= 11 is 0. The number of hydrogen-bond donors (Lipinski definition) is 0. The summed E-state index contributed by atoms with van der Waals surface area (Å²) in [6, 6.07) is 11.8. The van der Waals surface area contributed by atoms with Crippen molar-refractivity contribution in [2.75, 3.05) is 31.1 Å². The number of ether oxygens (including phenoxy) is 1. The molecule has 3 aromatic rings. The van der Waals surface area contributed by atoms with Crippen LogP contribution in [0.2, 0.25) is 0 Å². The van der Waals surface area contributed by atoms with Crippen LogP contribution in [-0.2, 0) is 27.7 Å². The molecule has 1 aliphatic carbocycles. The fraction of sp³-hybridized carbons (Fsp3) is 0.485. The first-order valence-electron chi connectivity index (χ1n) is 15.0. The van der Waals surface area contributed by atoms with Crippen molar-refractivity contribution in [2.45, 2.75) is 65.0 Å². The van der Waals surface area contributed by atoms with Gasteiger partial charge in [0.15, 0.2) is 0 Å². The van der Waals surface area contributed by atoms with Gasteiger partial charge in [0.25, 0.3) is 0 Å². The molecule has 0 unspecified atom stereocenters. The summed E-state index contributed by atoms with van der Waals surface area (Å²) < 4.78 is 74.1. The van der Waals surface area contributed by atoms with Gasteiger partial charge in [-0.3, -0.25) is 0 Å². The van der Waals surface area contributed by atoms with E-state index in [2.05, 4.69) is 29.0 Å². The monoisotopic (exact) mass is 656 g/mol. The Hall–Kier alpha value is -4.05. The summed E-state index contributed by atoms with van der Waals surface area (Å²) in [5, 5.41) is 11.8. The van der Waals surface area contributed by atoms with Crippen molar-refractivity contribution >= 4 is 32.8 Å². The number of hydrogen-bond acceptors (Lipinski definition) is 8. The van der Waals surface area contributed by atoms with Crippen LogP contribution in [0.3, 0.4) is 0 Å². The van der Waals surface area contributed by atoms with Gasteiger partial charge in [0.2, 0.25) is 0 Å². The molecule has 0 bridgehead atoms. The molecule has 1 amide bonds. The van der Waals surface area contributed by atoms with Crippen molar-refractivity contribution in [1.29, 1.82) is 5.26 Å². The van der Waals surface area contributed by atoms with Crippen molar-refractivity contribution in [2.24, 2.45) is 10.8 Å². The lowest BCUT2D eigenvalue weighted by atomic mass is 9.79. The van der Waals surface area contributed by atoms with Gasteiger partial charge in [-0.2, -0.15) is 26.9 Å². The van der Waals surface area contributed by atoms with Crippen molar-refractivity contribution < 1.29 is 35.3 Å². The third kappa shape index (κ3) is 5.72. The topological polar surface area (TPSA) is 113 Å². The number of nitrogens with zero attached hydrogens (tertiary/aromatic N) is 4.